The van der Waals surface area contributed by atoms with Crippen molar-refractivity contribution in [1.29, 1.82) is 0 Å². The number of carbonyl (C=O) groups is 3. The van der Waals surface area contributed by atoms with Crippen molar-refractivity contribution in [3.8, 4) is 0 Å². The molecule has 0 spiro atoms. The molecule has 1 unspecified atom stereocenters. The van der Waals surface area contributed by atoms with Gasteiger partial charge in [0.25, 0.3) is 5.91 Å². The third-order valence-electron chi connectivity index (χ3n) is 1.51. The molecule has 1 rings (SSSR count). The third kappa shape index (κ3) is 4.27. The number of nitrogens with one attached hydrogen (secondary N) is 2. The molecule has 1 aliphatic rings. The maximum absolute atomic E-state index is 10.9. The minimum Gasteiger partial charge on any atom is -0.326 e. The van der Waals surface area contributed by atoms with Crippen LogP contribution < -0.4 is 10.6 Å². The van der Waals surface area contributed by atoms with E-state index in [0.29, 0.717) is 6.42 Å². The van der Waals surface area contributed by atoms with Crippen molar-refractivity contribution in [2.45, 2.75) is 32.7 Å². The highest BCUT2D eigenvalue weighted by Crippen LogP contribution is 2.03. The first-order valence-corrected chi connectivity index (χ1v) is 4.87. The number of urea groups is 1. The Hall–Kier alpha value is -1.04. The number of imide groups is 1. The van der Waals surface area contributed by atoms with E-state index in [1.807, 2.05) is 13.8 Å². The predicted molar refractivity (Wildman–Crippen MR) is 55.0 cm³/mol. The molecule has 80 valence electrons. The molecule has 1 atom stereocenters. The maximum Gasteiger partial charge on any atom is 0.322 e. The molecule has 0 aromatic rings. The lowest BCUT2D eigenvalue weighted by molar-refractivity contribution is -0.120. The van der Waals surface area contributed by atoms with E-state index in [-0.39, 0.29) is 17.4 Å². The van der Waals surface area contributed by atoms with Crippen LogP contribution in [0.3, 0.4) is 0 Å². The fourth-order valence-corrected chi connectivity index (χ4v) is 1.06. The highest BCUT2D eigenvalue weighted by atomic mass is 32.1. The van der Waals surface area contributed by atoms with Gasteiger partial charge in [-0.15, -0.1) is 12.6 Å². The Morgan fingerprint density at radius 2 is 2.00 bits per heavy atom. The minimum atomic E-state index is -0.575. The molecule has 6 heteroatoms. The van der Waals surface area contributed by atoms with Gasteiger partial charge in [0.1, 0.15) is 6.04 Å². The van der Waals surface area contributed by atoms with Gasteiger partial charge in [-0.05, 0) is 6.42 Å². The molecule has 1 aliphatic heterocycles. The van der Waals surface area contributed by atoms with Crippen LogP contribution >= 0.6 is 12.6 Å². The van der Waals surface area contributed by atoms with Crippen LogP contribution in [0.5, 0.6) is 0 Å². The van der Waals surface area contributed by atoms with Crippen molar-refractivity contribution in [2.24, 2.45) is 0 Å². The smallest absolute Gasteiger partial charge is 0.322 e. The monoisotopic (exact) mass is 218 g/mol. The van der Waals surface area contributed by atoms with Gasteiger partial charge >= 0.3 is 6.03 Å². The topological polar surface area (TPSA) is 75.3 Å². The molecule has 0 saturated carbocycles. The highest BCUT2D eigenvalue weighted by molar-refractivity contribution is 7.96. The van der Waals surface area contributed by atoms with E-state index in [1.165, 1.54) is 0 Å². The number of thiol groups is 1. The number of hydrogen-bond donors (Lipinski definition) is 3. The molecule has 1 heterocycles. The quantitative estimate of drug-likeness (QED) is 0.476. The van der Waals surface area contributed by atoms with Gasteiger partial charge < -0.3 is 5.32 Å². The van der Waals surface area contributed by atoms with Gasteiger partial charge in [-0.3, -0.25) is 14.9 Å². The van der Waals surface area contributed by atoms with Crippen molar-refractivity contribution < 1.29 is 14.4 Å². The summed E-state index contributed by atoms with van der Waals surface area (Å²) in [5, 5.41) is 4.15. The van der Waals surface area contributed by atoms with Crippen LogP contribution in [0, 0.1) is 0 Å². The average Bonchev–Trinajstić information content (AvgIpc) is 2.45. The summed E-state index contributed by atoms with van der Waals surface area (Å²) in [6, 6.07) is -1.08. The number of hydrogen-bond acceptors (Lipinski definition) is 3. The average molecular weight is 218 g/mol. The summed E-state index contributed by atoms with van der Waals surface area (Å²) in [7, 11) is 0. The highest BCUT2D eigenvalue weighted by Gasteiger charge is 2.28. The normalized spacial score (nSPS) is 19.2. The summed E-state index contributed by atoms with van der Waals surface area (Å²) in [6.07, 6.45) is 0.487. The third-order valence-corrected chi connectivity index (χ3v) is 1.73. The van der Waals surface area contributed by atoms with Gasteiger partial charge in [0, 0.05) is 6.42 Å². The van der Waals surface area contributed by atoms with Crippen molar-refractivity contribution in [3.63, 3.8) is 0 Å². The Labute approximate surface area is 88.0 Å². The molecule has 0 aromatic carbocycles. The van der Waals surface area contributed by atoms with Gasteiger partial charge in [0.2, 0.25) is 0 Å². The van der Waals surface area contributed by atoms with E-state index in [9.17, 15) is 14.4 Å². The molecule has 0 aliphatic carbocycles. The Bertz CT molecular complexity index is 243. The van der Waals surface area contributed by atoms with Crippen LogP contribution in [-0.2, 0) is 9.59 Å². The lowest BCUT2D eigenvalue weighted by Crippen LogP contribution is -2.29. The van der Waals surface area contributed by atoms with Crippen LogP contribution in [0.25, 0.3) is 0 Å². The molecule has 2 N–H and O–H groups in total. The zero-order valence-electron chi connectivity index (χ0n) is 8.16. The summed E-state index contributed by atoms with van der Waals surface area (Å²) in [6.45, 7) is 4.00. The Morgan fingerprint density at radius 1 is 1.43 bits per heavy atom. The molecule has 0 aromatic heterocycles. The Kier molecular flexibility index (Phi) is 5.94. The second-order valence-electron chi connectivity index (χ2n) is 2.45. The van der Waals surface area contributed by atoms with Gasteiger partial charge in [0.15, 0.2) is 5.12 Å². The van der Waals surface area contributed by atoms with E-state index in [0.717, 1.165) is 0 Å². The Balaban J connectivity index is 0.000000791. The molecular formula is C8H14N2O3S. The molecule has 14 heavy (non-hydrogen) atoms. The zero-order chi connectivity index (χ0) is 11.1. The summed E-state index contributed by atoms with van der Waals surface area (Å²) in [5.74, 6) is -0.380. The van der Waals surface area contributed by atoms with Crippen LogP contribution in [0.4, 0.5) is 4.79 Å². The fraction of sp³-hybridized carbons (Fsp3) is 0.625. The molecule has 1 fully saturated rings. The zero-order valence-corrected chi connectivity index (χ0v) is 9.06. The SMILES string of the molecule is CC.O=C(S)CCC1NC(=O)NC1=O. The van der Waals surface area contributed by atoms with E-state index in [2.05, 4.69) is 23.3 Å². The van der Waals surface area contributed by atoms with E-state index >= 15 is 0 Å². The minimum absolute atomic E-state index is 0.182. The van der Waals surface area contributed by atoms with Crippen LogP contribution in [0.15, 0.2) is 0 Å². The number of rotatable bonds is 3. The molecule has 3 amide bonds. The van der Waals surface area contributed by atoms with Gasteiger partial charge in [0.05, 0.1) is 0 Å². The Morgan fingerprint density at radius 3 is 2.36 bits per heavy atom. The van der Waals surface area contributed by atoms with Gasteiger partial charge in [-0.2, -0.15) is 0 Å². The van der Waals surface area contributed by atoms with Crippen molar-refractivity contribution in [3.05, 3.63) is 0 Å². The number of amides is 3. The van der Waals surface area contributed by atoms with E-state index < -0.39 is 12.1 Å². The molecule has 1 saturated heterocycles. The first kappa shape index (κ1) is 13.0. The van der Waals surface area contributed by atoms with Crippen LogP contribution in [0.2, 0.25) is 0 Å². The number of carbonyl (C=O) groups excluding carboxylic acids is 3. The fourth-order valence-electron chi connectivity index (χ4n) is 0.930. The second kappa shape index (κ2) is 6.42. The lowest BCUT2D eigenvalue weighted by atomic mass is 10.2. The van der Waals surface area contributed by atoms with Crippen LogP contribution in [0.1, 0.15) is 26.7 Å². The second-order valence-corrected chi connectivity index (χ2v) is 2.95. The predicted octanol–water partition coefficient (Wildman–Crippen LogP) is 0.457. The van der Waals surface area contributed by atoms with Crippen LogP contribution in [-0.4, -0.2) is 23.1 Å². The largest absolute Gasteiger partial charge is 0.326 e. The van der Waals surface area contributed by atoms with Crippen molar-refractivity contribution >= 4 is 29.7 Å². The van der Waals surface area contributed by atoms with Gasteiger partial charge in [-0.1, -0.05) is 13.8 Å². The van der Waals surface area contributed by atoms with Crippen molar-refractivity contribution in [2.75, 3.05) is 0 Å². The summed E-state index contributed by atoms with van der Waals surface area (Å²) >= 11 is 3.54. The van der Waals surface area contributed by atoms with E-state index in [1.54, 1.807) is 0 Å². The molecular weight excluding hydrogens is 204 g/mol. The molecule has 0 bridgehead atoms. The van der Waals surface area contributed by atoms with Gasteiger partial charge in [-0.25, -0.2) is 4.79 Å². The summed E-state index contributed by atoms with van der Waals surface area (Å²) in [5.41, 5.74) is 0. The summed E-state index contributed by atoms with van der Waals surface area (Å²) in [4.78, 5) is 31.8. The standard InChI is InChI=1S/C6H8N2O3S.C2H6/c9-4(12)2-1-3-5(10)8-6(11)7-3;1-2/h3H,1-2H2,(H,9,12)(H2,7,8,10,11);1-2H3. The van der Waals surface area contributed by atoms with Crippen molar-refractivity contribution in [1.82, 2.24) is 10.6 Å². The summed E-state index contributed by atoms with van der Waals surface area (Å²) < 4.78 is 0. The molecule has 0 radical (unpaired) electrons. The van der Waals surface area contributed by atoms with E-state index in [4.69, 9.17) is 0 Å². The first-order valence-electron chi connectivity index (χ1n) is 4.43. The maximum atomic E-state index is 10.9. The first-order chi connectivity index (χ1) is 6.59. The lowest BCUT2D eigenvalue weighted by Gasteiger charge is -2.03. The molecule has 5 nitrogen and oxygen atoms in total.